The standard InChI is InChI=1S/C14H15FN2O3/c15-11-5-3-4-10(8-11)9-12-16-13(20-17-12)6-1-2-7-14(18)19/h3-5,8H,1-2,6-7,9H2,(H,18,19). The molecule has 0 bridgehead atoms. The highest BCUT2D eigenvalue weighted by Crippen LogP contribution is 2.10. The number of aliphatic carboxylic acids is 1. The minimum Gasteiger partial charge on any atom is -0.481 e. The van der Waals surface area contributed by atoms with E-state index < -0.39 is 5.97 Å². The van der Waals surface area contributed by atoms with Gasteiger partial charge in [0.25, 0.3) is 0 Å². The summed E-state index contributed by atoms with van der Waals surface area (Å²) < 4.78 is 18.1. The third kappa shape index (κ3) is 4.46. The molecule has 0 atom stereocenters. The summed E-state index contributed by atoms with van der Waals surface area (Å²) in [6.07, 6.45) is 2.38. The molecular weight excluding hydrogens is 263 g/mol. The molecule has 106 valence electrons. The van der Waals surface area contributed by atoms with Gasteiger partial charge >= 0.3 is 5.97 Å². The fraction of sp³-hybridized carbons (Fsp3) is 0.357. The van der Waals surface area contributed by atoms with Gasteiger partial charge in [-0.05, 0) is 30.5 Å². The van der Waals surface area contributed by atoms with Crippen LogP contribution >= 0.6 is 0 Å². The Labute approximate surface area is 115 Å². The maximum Gasteiger partial charge on any atom is 0.303 e. The van der Waals surface area contributed by atoms with Gasteiger partial charge in [-0.15, -0.1) is 0 Å². The highest BCUT2D eigenvalue weighted by atomic mass is 19.1. The molecule has 6 heteroatoms. The first kappa shape index (κ1) is 14.2. The molecule has 2 aromatic rings. The van der Waals surface area contributed by atoms with Crippen LogP contribution in [0.2, 0.25) is 0 Å². The van der Waals surface area contributed by atoms with Crippen molar-refractivity contribution in [1.29, 1.82) is 0 Å². The maximum atomic E-state index is 13.0. The molecule has 2 rings (SSSR count). The lowest BCUT2D eigenvalue weighted by molar-refractivity contribution is -0.137. The highest BCUT2D eigenvalue weighted by Gasteiger charge is 2.08. The van der Waals surface area contributed by atoms with E-state index in [1.54, 1.807) is 12.1 Å². The Balaban J connectivity index is 1.84. The van der Waals surface area contributed by atoms with Crippen molar-refractivity contribution < 1.29 is 18.8 Å². The number of halogens is 1. The first-order valence-corrected chi connectivity index (χ1v) is 6.41. The summed E-state index contributed by atoms with van der Waals surface area (Å²) in [5.41, 5.74) is 0.781. The summed E-state index contributed by atoms with van der Waals surface area (Å²) in [4.78, 5) is 14.6. The zero-order valence-electron chi connectivity index (χ0n) is 10.9. The predicted octanol–water partition coefficient (Wildman–Crippen LogP) is 2.60. The average Bonchev–Trinajstić information content (AvgIpc) is 2.82. The molecule has 0 aliphatic carbocycles. The summed E-state index contributed by atoms with van der Waals surface area (Å²) in [5, 5.41) is 12.3. The van der Waals surface area contributed by atoms with Crippen molar-refractivity contribution in [3.05, 3.63) is 47.4 Å². The lowest BCUT2D eigenvalue weighted by Gasteiger charge is -1.96. The van der Waals surface area contributed by atoms with Gasteiger partial charge in [0, 0.05) is 19.3 Å². The molecule has 0 radical (unpaired) electrons. The van der Waals surface area contributed by atoms with Crippen LogP contribution in [-0.4, -0.2) is 21.2 Å². The van der Waals surface area contributed by atoms with Crippen molar-refractivity contribution in [1.82, 2.24) is 10.1 Å². The van der Waals surface area contributed by atoms with Gasteiger partial charge in [-0.3, -0.25) is 4.79 Å². The Morgan fingerprint density at radius 2 is 2.20 bits per heavy atom. The van der Waals surface area contributed by atoms with E-state index >= 15 is 0 Å². The Morgan fingerprint density at radius 3 is 2.95 bits per heavy atom. The molecule has 0 saturated heterocycles. The molecule has 0 fully saturated rings. The van der Waals surface area contributed by atoms with E-state index in [1.165, 1.54) is 12.1 Å². The van der Waals surface area contributed by atoms with Crippen LogP contribution in [0.4, 0.5) is 4.39 Å². The van der Waals surface area contributed by atoms with Gasteiger partial charge < -0.3 is 9.63 Å². The number of hydrogen-bond acceptors (Lipinski definition) is 4. The number of aryl methyl sites for hydroxylation is 1. The summed E-state index contributed by atoms with van der Waals surface area (Å²) in [6, 6.07) is 6.25. The van der Waals surface area contributed by atoms with Crippen LogP contribution in [0.5, 0.6) is 0 Å². The fourth-order valence-corrected chi connectivity index (χ4v) is 1.85. The molecule has 20 heavy (non-hydrogen) atoms. The van der Waals surface area contributed by atoms with Gasteiger partial charge in [-0.25, -0.2) is 4.39 Å². The number of rotatable bonds is 7. The molecule has 0 spiro atoms. The quantitative estimate of drug-likeness (QED) is 0.788. The van der Waals surface area contributed by atoms with Crippen LogP contribution in [0.15, 0.2) is 28.8 Å². The number of carboxylic acids is 1. The summed E-state index contributed by atoms with van der Waals surface area (Å²) in [6.45, 7) is 0. The van der Waals surface area contributed by atoms with Crippen LogP contribution in [-0.2, 0) is 17.6 Å². The molecular formula is C14H15FN2O3. The lowest BCUT2D eigenvalue weighted by Crippen LogP contribution is -1.95. The highest BCUT2D eigenvalue weighted by molar-refractivity contribution is 5.66. The monoisotopic (exact) mass is 278 g/mol. The second-order valence-electron chi connectivity index (χ2n) is 4.51. The third-order valence-corrected chi connectivity index (χ3v) is 2.79. The largest absolute Gasteiger partial charge is 0.481 e. The van der Waals surface area contributed by atoms with Crippen LogP contribution in [0.3, 0.4) is 0 Å². The van der Waals surface area contributed by atoms with Gasteiger partial charge in [0.2, 0.25) is 5.89 Å². The Bertz CT molecular complexity index is 583. The van der Waals surface area contributed by atoms with Gasteiger partial charge in [0.15, 0.2) is 5.82 Å². The van der Waals surface area contributed by atoms with E-state index in [4.69, 9.17) is 9.63 Å². The van der Waals surface area contributed by atoms with E-state index in [-0.39, 0.29) is 12.2 Å². The number of aromatic nitrogens is 2. The number of carbonyl (C=O) groups is 1. The minimum atomic E-state index is -0.803. The summed E-state index contributed by atoms with van der Waals surface area (Å²) in [7, 11) is 0. The lowest BCUT2D eigenvalue weighted by atomic mass is 10.1. The van der Waals surface area contributed by atoms with Crippen molar-refractivity contribution in [3.8, 4) is 0 Å². The number of carboxylic acid groups (broad SMARTS) is 1. The smallest absolute Gasteiger partial charge is 0.303 e. The van der Waals surface area contributed by atoms with Crippen molar-refractivity contribution >= 4 is 5.97 Å². The molecule has 5 nitrogen and oxygen atoms in total. The molecule has 0 unspecified atom stereocenters. The average molecular weight is 278 g/mol. The Hall–Kier alpha value is -2.24. The minimum absolute atomic E-state index is 0.143. The molecule has 0 amide bonds. The van der Waals surface area contributed by atoms with Crippen LogP contribution in [0.25, 0.3) is 0 Å². The number of unbranched alkanes of at least 4 members (excludes halogenated alkanes) is 1. The van der Waals surface area contributed by atoms with Crippen molar-refractivity contribution in [2.24, 2.45) is 0 Å². The van der Waals surface area contributed by atoms with Crippen molar-refractivity contribution in [2.45, 2.75) is 32.1 Å². The van der Waals surface area contributed by atoms with E-state index in [0.717, 1.165) is 5.56 Å². The van der Waals surface area contributed by atoms with E-state index in [2.05, 4.69) is 10.1 Å². The summed E-state index contributed by atoms with van der Waals surface area (Å²) in [5.74, 6) is -0.104. The molecule has 0 saturated carbocycles. The number of hydrogen-bond donors (Lipinski definition) is 1. The number of benzene rings is 1. The van der Waals surface area contributed by atoms with Crippen molar-refractivity contribution in [2.75, 3.05) is 0 Å². The second kappa shape index (κ2) is 6.79. The molecule has 1 aromatic carbocycles. The topological polar surface area (TPSA) is 76.2 Å². The third-order valence-electron chi connectivity index (χ3n) is 2.79. The van der Waals surface area contributed by atoms with Gasteiger partial charge in [-0.1, -0.05) is 17.3 Å². The molecule has 1 N–H and O–H groups in total. The van der Waals surface area contributed by atoms with Gasteiger partial charge in [-0.2, -0.15) is 4.98 Å². The first-order chi connectivity index (χ1) is 9.63. The zero-order valence-corrected chi connectivity index (χ0v) is 10.9. The van der Waals surface area contributed by atoms with Crippen LogP contribution in [0, 0.1) is 5.82 Å². The molecule has 1 aromatic heterocycles. The maximum absolute atomic E-state index is 13.0. The Kier molecular flexibility index (Phi) is 4.81. The normalized spacial score (nSPS) is 10.7. The number of nitrogens with zero attached hydrogens (tertiary/aromatic N) is 2. The van der Waals surface area contributed by atoms with E-state index in [9.17, 15) is 9.18 Å². The molecule has 0 aliphatic rings. The van der Waals surface area contributed by atoms with Gasteiger partial charge in [0.05, 0.1) is 0 Å². The zero-order chi connectivity index (χ0) is 14.4. The first-order valence-electron chi connectivity index (χ1n) is 6.41. The SMILES string of the molecule is O=C(O)CCCCc1nc(Cc2cccc(F)c2)no1. The Morgan fingerprint density at radius 1 is 1.35 bits per heavy atom. The summed E-state index contributed by atoms with van der Waals surface area (Å²) >= 11 is 0. The molecule has 1 heterocycles. The van der Waals surface area contributed by atoms with Crippen LogP contribution in [0.1, 0.15) is 36.5 Å². The van der Waals surface area contributed by atoms with Gasteiger partial charge in [0.1, 0.15) is 5.82 Å². The fourth-order valence-electron chi connectivity index (χ4n) is 1.85. The van der Waals surface area contributed by atoms with E-state index in [0.29, 0.717) is 37.4 Å². The second-order valence-corrected chi connectivity index (χ2v) is 4.51. The van der Waals surface area contributed by atoms with E-state index in [1.807, 2.05) is 0 Å². The predicted molar refractivity (Wildman–Crippen MR) is 68.7 cm³/mol. The van der Waals surface area contributed by atoms with Crippen molar-refractivity contribution in [3.63, 3.8) is 0 Å². The molecule has 0 aliphatic heterocycles. The van der Waals surface area contributed by atoms with Crippen LogP contribution < -0.4 is 0 Å².